The van der Waals surface area contributed by atoms with E-state index in [2.05, 4.69) is 10.1 Å². The van der Waals surface area contributed by atoms with E-state index in [4.69, 9.17) is 18.5 Å². The number of H-pyrrole nitrogens is 1. The van der Waals surface area contributed by atoms with Crippen molar-refractivity contribution in [3.8, 4) is 17.0 Å². The van der Waals surface area contributed by atoms with Crippen LogP contribution in [0.1, 0.15) is 33.9 Å². The standard InChI is InChI=1S/C26H33FN5O9P/c1-15(2)39-23(35)16(3)30-42(37,41-18-8-6-17(7-9-18)19-12-31(5)14-28-19)38-13-20-22(34)26(4,27)24(40-20)32-11-10-21(33)29-25(32)36/h6-12,14-16,20,22,24,34H,13H2,1-5H3,(H,30,37)(H,29,33,36)/t16-,20+,22+,24+,26+,42?/m0/s1. The van der Waals surface area contributed by atoms with Gasteiger partial charge in [-0.3, -0.25) is 23.7 Å². The molecular weight excluding hydrogens is 576 g/mol. The Hall–Kier alpha value is -3.62. The number of carbonyl (C=O) groups is 1. The summed E-state index contributed by atoms with van der Waals surface area (Å²) in [6.45, 7) is 5.04. The number of hydrogen-bond donors (Lipinski definition) is 3. The van der Waals surface area contributed by atoms with Crippen molar-refractivity contribution in [3.05, 3.63) is 69.9 Å². The van der Waals surface area contributed by atoms with Gasteiger partial charge in [0.1, 0.15) is 24.0 Å². The van der Waals surface area contributed by atoms with E-state index in [1.807, 2.05) is 18.2 Å². The number of nitrogens with one attached hydrogen (secondary N) is 2. The molecule has 1 saturated heterocycles. The van der Waals surface area contributed by atoms with Crippen LogP contribution in [0, 0.1) is 0 Å². The summed E-state index contributed by atoms with van der Waals surface area (Å²) < 4.78 is 54.1. The van der Waals surface area contributed by atoms with Gasteiger partial charge >= 0.3 is 19.4 Å². The molecule has 3 aromatic rings. The number of aliphatic hydroxyl groups is 1. The van der Waals surface area contributed by atoms with Crippen LogP contribution in [0.2, 0.25) is 0 Å². The lowest BCUT2D eigenvalue weighted by atomic mass is 9.98. The lowest BCUT2D eigenvalue weighted by Gasteiger charge is -2.25. The number of carbonyl (C=O) groups excluding carboxylic acids is 1. The molecule has 228 valence electrons. The number of nitrogens with zero attached hydrogens (tertiary/aromatic N) is 3. The van der Waals surface area contributed by atoms with E-state index in [1.165, 1.54) is 19.1 Å². The fraction of sp³-hybridized carbons (Fsp3) is 0.462. The SMILES string of the molecule is CC(C)OC(=O)[C@H](C)NP(=O)(OC[C@H]1O[C@@H](n2ccc(=O)[nH]c2=O)[C@](C)(F)[C@@H]1O)Oc1ccc(-c2cn(C)cn2)cc1. The first kappa shape index (κ1) is 31.3. The Morgan fingerprint density at radius 1 is 1.26 bits per heavy atom. The summed E-state index contributed by atoms with van der Waals surface area (Å²) in [5, 5.41) is 13.2. The van der Waals surface area contributed by atoms with Crippen molar-refractivity contribution < 1.29 is 37.4 Å². The quantitative estimate of drug-likeness (QED) is 0.214. The number of aryl methyl sites for hydroxylation is 1. The van der Waals surface area contributed by atoms with Gasteiger partial charge in [0.2, 0.25) is 0 Å². The molecule has 0 saturated carbocycles. The fourth-order valence-electron chi connectivity index (χ4n) is 4.24. The second-order valence-electron chi connectivity index (χ2n) is 10.3. The third-order valence-electron chi connectivity index (χ3n) is 6.37. The van der Waals surface area contributed by atoms with Gasteiger partial charge < -0.3 is 23.7 Å². The van der Waals surface area contributed by atoms with E-state index in [0.29, 0.717) is 5.69 Å². The molecule has 0 amide bonds. The number of benzene rings is 1. The van der Waals surface area contributed by atoms with Crippen molar-refractivity contribution >= 4 is 13.7 Å². The lowest BCUT2D eigenvalue weighted by molar-refractivity contribution is -0.149. The molecule has 2 aromatic heterocycles. The first-order valence-electron chi connectivity index (χ1n) is 13.0. The Labute approximate surface area is 240 Å². The zero-order valence-electron chi connectivity index (χ0n) is 23.6. The Morgan fingerprint density at radius 2 is 1.95 bits per heavy atom. The van der Waals surface area contributed by atoms with E-state index in [-0.39, 0.29) is 5.75 Å². The van der Waals surface area contributed by atoms with Crippen molar-refractivity contribution in [2.75, 3.05) is 6.61 Å². The minimum atomic E-state index is -4.41. The predicted octanol–water partition coefficient (Wildman–Crippen LogP) is 2.06. The number of esters is 1. The van der Waals surface area contributed by atoms with Crippen molar-refractivity contribution in [3.63, 3.8) is 0 Å². The van der Waals surface area contributed by atoms with Gasteiger partial charge in [0.05, 0.1) is 24.7 Å². The number of alkyl halides is 1. The largest absolute Gasteiger partial charge is 0.462 e. The van der Waals surface area contributed by atoms with Gasteiger partial charge in [0.15, 0.2) is 11.9 Å². The lowest BCUT2D eigenvalue weighted by Crippen LogP contribution is -2.43. The number of rotatable bonds is 11. The molecule has 1 aromatic carbocycles. The van der Waals surface area contributed by atoms with Crippen LogP contribution < -0.4 is 20.9 Å². The number of aromatic amines is 1. The van der Waals surface area contributed by atoms with E-state index >= 15 is 4.39 Å². The average molecular weight is 610 g/mol. The zero-order chi connectivity index (χ0) is 30.8. The van der Waals surface area contributed by atoms with Crippen molar-refractivity contribution in [1.29, 1.82) is 0 Å². The highest BCUT2D eigenvalue weighted by Gasteiger charge is 2.56. The molecule has 1 aliphatic rings. The highest BCUT2D eigenvalue weighted by atomic mass is 31.2. The number of ether oxygens (including phenoxy) is 2. The van der Waals surface area contributed by atoms with E-state index in [1.54, 1.807) is 36.9 Å². The molecule has 0 radical (unpaired) electrons. The molecule has 42 heavy (non-hydrogen) atoms. The molecule has 3 N–H and O–H groups in total. The Kier molecular flexibility index (Phi) is 9.18. The number of halogens is 1. The molecule has 3 heterocycles. The summed E-state index contributed by atoms with van der Waals surface area (Å²) in [6, 6.07) is 6.26. The summed E-state index contributed by atoms with van der Waals surface area (Å²) in [5.41, 5.74) is -2.70. The molecular formula is C26H33FN5O9P. The van der Waals surface area contributed by atoms with Gasteiger partial charge in [-0.1, -0.05) is 0 Å². The third-order valence-corrected chi connectivity index (χ3v) is 8.01. The van der Waals surface area contributed by atoms with Gasteiger partial charge in [-0.05, 0) is 52.0 Å². The molecule has 1 fully saturated rings. The number of imidazole rings is 1. The summed E-state index contributed by atoms with van der Waals surface area (Å²) in [5.74, 6) is -0.621. The van der Waals surface area contributed by atoms with Crippen LogP contribution in [-0.4, -0.2) is 66.8 Å². The maximum absolute atomic E-state index is 15.6. The number of aromatic nitrogens is 4. The predicted molar refractivity (Wildman–Crippen MR) is 147 cm³/mol. The van der Waals surface area contributed by atoms with Gasteiger partial charge in [0.25, 0.3) is 5.56 Å². The summed E-state index contributed by atoms with van der Waals surface area (Å²) >= 11 is 0. The molecule has 4 rings (SSSR count). The fourth-order valence-corrected chi connectivity index (χ4v) is 5.74. The molecule has 1 unspecified atom stereocenters. The topological polar surface area (TPSA) is 176 Å². The van der Waals surface area contributed by atoms with Crippen LogP contribution in [0.15, 0.2) is 58.6 Å². The zero-order valence-corrected chi connectivity index (χ0v) is 24.5. The van der Waals surface area contributed by atoms with Gasteiger partial charge in [-0.25, -0.2) is 18.7 Å². The minimum absolute atomic E-state index is 0.107. The van der Waals surface area contributed by atoms with Crippen LogP contribution in [-0.2, 0) is 30.4 Å². The van der Waals surface area contributed by atoms with Crippen LogP contribution in [0.25, 0.3) is 11.3 Å². The highest BCUT2D eigenvalue weighted by Crippen LogP contribution is 2.47. The Morgan fingerprint density at radius 3 is 2.55 bits per heavy atom. The van der Waals surface area contributed by atoms with Gasteiger partial charge in [-0.15, -0.1) is 0 Å². The minimum Gasteiger partial charge on any atom is -0.462 e. The molecule has 14 nitrogen and oxygen atoms in total. The van der Waals surface area contributed by atoms with E-state index in [9.17, 15) is 24.1 Å². The second-order valence-corrected chi connectivity index (χ2v) is 12.0. The van der Waals surface area contributed by atoms with E-state index in [0.717, 1.165) is 29.3 Å². The highest BCUT2D eigenvalue weighted by molar-refractivity contribution is 7.52. The second kappa shape index (κ2) is 12.3. The van der Waals surface area contributed by atoms with Gasteiger partial charge in [-0.2, -0.15) is 5.09 Å². The Balaban J connectivity index is 1.54. The molecule has 16 heteroatoms. The van der Waals surface area contributed by atoms with E-state index < -0.39 is 67.8 Å². The van der Waals surface area contributed by atoms with Crippen LogP contribution in [0.3, 0.4) is 0 Å². The molecule has 6 atom stereocenters. The summed E-state index contributed by atoms with van der Waals surface area (Å²) in [7, 11) is -2.58. The monoisotopic (exact) mass is 609 g/mol. The molecule has 0 aliphatic carbocycles. The first-order chi connectivity index (χ1) is 19.7. The molecule has 0 bridgehead atoms. The molecule has 0 spiro atoms. The van der Waals surface area contributed by atoms with Crippen molar-refractivity contribution in [1.82, 2.24) is 24.2 Å². The third kappa shape index (κ3) is 7.05. The van der Waals surface area contributed by atoms with Crippen LogP contribution in [0.4, 0.5) is 4.39 Å². The average Bonchev–Trinajstić information content (AvgIpc) is 3.43. The van der Waals surface area contributed by atoms with Crippen molar-refractivity contribution in [2.45, 2.75) is 63.9 Å². The van der Waals surface area contributed by atoms with Crippen molar-refractivity contribution in [2.24, 2.45) is 7.05 Å². The Bertz CT molecular complexity index is 1570. The first-order valence-corrected chi connectivity index (χ1v) is 14.6. The maximum atomic E-state index is 15.6. The van der Waals surface area contributed by atoms with Gasteiger partial charge in [0, 0.05) is 31.1 Å². The normalized spacial score (nSPS) is 24.3. The smallest absolute Gasteiger partial charge is 0.459 e. The van der Waals surface area contributed by atoms with Crippen LogP contribution >= 0.6 is 7.75 Å². The molecule has 1 aliphatic heterocycles. The summed E-state index contributed by atoms with van der Waals surface area (Å²) in [4.78, 5) is 42.4. The maximum Gasteiger partial charge on any atom is 0.459 e. The number of hydrogen-bond acceptors (Lipinski definition) is 10. The summed E-state index contributed by atoms with van der Waals surface area (Å²) in [6.07, 6.45) is -0.858. The van der Waals surface area contributed by atoms with Crippen LogP contribution in [0.5, 0.6) is 5.75 Å². The number of aliphatic hydroxyl groups excluding tert-OH is 1.